The fourth-order valence-corrected chi connectivity index (χ4v) is 3.36. The predicted molar refractivity (Wildman–Crippen MR) is 123 cm³/mol. The van der Waals surface area contributed by atoms with E-state index in [1.807, 2.05) is 49.4 Å². The van der Waals surface area contributed by atoms with Crippen LogP contribution in [0.2, 0.25) is 15.1 Å². The Kier molecular flexibility index (Phi) is 7.43. The quantitative estimate of drug-likeness (QED) is 0.208. The Balaban J connectivity index is 1.77. The van der Waals surface area contributed by atoms with Crippen molar-refractivity contribution in [1.82, 2.24) is 0 Å². The summed E-state index contributed by atoms with van der Waals surface area (Å²) in [5, 5.41) is 1.08. The average molecular weight is 462 g/mol. The van der Waals surface area contributed by atoms with E-state index < -0.39 is 0 Å². The third kappa shape index (κ3) is 5.57. The summed E-state index contributed by atoms with van der Waals surface area (Å²) in [5.41, 5.74) is 3.39. The van der Waals surface area contributed by atoms with E-state index >= 15 is 0 Å². The number of ether oxygens (including phenoxy) is 2. The molecule has 0 unspecified atom stereocenters. The van der Waals surface area contributed by atoms with Gasteiger partial charge in [0.25, 0.3) is 0 Å². The van der Waals surface area contributed by atoms with Crippen LogP contribution >= 0.6 is 34.8 Å². The van der Waals surface area contributed by atoms with Crippen molar-refractivity contribution in [3.63, 3.8) is 0 Å². The number of allylic oxidation sites excluding steroid dienone is 1. The summed E-state index contributed by atoms with van der Waals surface area (Å²) in [6, 6.07) is 16.2. The number of carbonyl (C=O) groups excluding carboxylic acids is 1. The molecular formula is C24H19Cl3O3. The maximum Gasteiger partial charge on any atom is 0.185 e. The van der Waals surface area contributed by atoms with E-state index in [1.54, 1.807) is 25.3 Å². The van der Waals surface area contributed by atoms with Gasteiger partial charge in [0.05, 0.1) is 22.2 Å². The first kappa shape index (κ1) is 22.2. The van der Waals surface area contributed by atoms with Crippen LogP contribution in [0.5, 0.6) is 11.5 Å². The van der Waals surface area contributed by atoms with Gasteiger partial charge in [0, 0.05) is 17.2 Å². The molecular weight excluding hydrogens is 443 g/mol. The predicted octanol–water partition coefficient (Wildman–Crippen LogP) is 7.44. The SMILES string of the molecule is COc1ccc(/C=C/C(=O)c2ccc(C)cc2)cc1COc1cc(Cl)c(Cl)cc1Cl. The van der Waals surface area contributed by atoms with Crippen molar-refractivity contribution in [3.8, 4) is 11.5 Å². The summed E-state index contributed by atoms with van der Waals surface area (Å²) in [5.74, 6) is 1.02. The number of benzene rings is 3. The van der Waals surface area contributed by atoms with Crippen molar-refractivity contribution >= 4 is 46.7 Å². The lowest BCUT2D eigenvalue weighted by Crippen LogP contribution is -2.00. The monoisotopic (exact) mass is 460 g/mol. The van der Waals surface area contributed by atoms with Gasteiger partial charge in [-0.1, -0.05) is 76.8 Å². The van der Waals surface area contributed by atoms with Gasteiger partial charge in [-0.15, -0.1) is 0 Å². The number of methoxy groups -OCH3 is 1. The molecule has 0 fully saturated rings. The Labute approximate surface area is 190 Å². The maximum absolute atomic E-state index is 12.4. The maximum atomic E-state index is 12.4. The van der Waals surface area contributed by atoms with Crippen LogP contribution in [-0.2, 0) is 6.61 Å². The molecule has 0 aromatic heterocycles. The third-order valence-electron chi connectivity index (χ3n) is 4.43. The van der Waals surface area contributed by atoms with Crippen LogP contribution in [0.15, 0.2) is 60.7 Å². The van der Waals surface area contributed by atoms with E-state index in [4.69, 9.17) is 44.3 Å². The minimum absolute atomic E-state index is 0.0637. The molecule has 154 valence electrons. The summed E-state index contributed by atoms with van der Waals surface area (Å²) >= 11 is 18.2. The second-order valence-electron chi connectivity index (χ2n) is 6.62. The molecule has 0 aliphatic rings. The van der Waals surface area contributed by atoms with Crippen molar-refractivity contribution in [2.45, 2.75) is 13.5 Å². The lowest BCUT2D eigenvalue weighted by atomic mass is 10.1. The minimum Gasteiger partial charge on any atom is -0.496 e. The largest absolute Gasteiger partial charge is 0.496 e. The number of hydrogen-bond acceptors (Lipinski definition) is 3. The Bertz CT molecular complexity index is 1090. The first-order valence-electron chi connectivity index (χ1n) is 9.10. The van der Waals surface area contributed by atoms with Gasteiger partial charge in [0.2, 0.25) is 0 Å². The van der Waals surface area contributed by atoms with Gasteiger partial charge in [0.1, 0.15) is 18.1 Å². The van der Waals surface area contributed by atoms with Crippen molar-refractivity contribution in [2.75, 3.05) is 7.11 Å². The smallest absolute Gasteiger partial charge is 0.185 e. The highest BCUT2D eigenvalue weighted by molar-refractivity contribution is 6.43. The number of halogens is 3. The summed E-state index contributed by atoms with van der Waals surface area (Å²) < 4.78 is 11.2. The molecule has 0 saturated carbocycles. The lowest BCUT2D eigenvalue weighted by molar-refractivity contribution is 0.104. The highest BCUT2D eigenvalue weighted by atomic mass is 35.5. The van der Waals surface area contributed by atoms with Gasteiger partial charge in [-0.25, -0.2) is 0 Å². The molecule has 0 aliphatic heterocycles. The third-order valence-corrected chi connectivity index (χ3v) is 5.44. The van der Waals surface area contributed by atoms with E-state index in [9.17, 15) is 4.79 Å². The molecule has 6 heteroatoms. The number of carbonyl (C=O) groups is 1. The van der Waals surface area contributed by atoms with Crippen molar-refractivity contribution in [3.05, 3.63) is 98.0 Å². The molecule has 0 aliphatic carbocycles. The van der Waals surface area contributed by atoms with Gasteiger partial charge in [0.15, 0.2) is 5.78 Å². The summed E-state index contributed by atoms with van der Waals surface area (Å²) in [6.07, 6.45) is 3.31. The second kappa shape index (κ2) is 10.0. The van der Waals surface area contributed by atoms with Crippen molar-refractivity contribution < 1.29 is 14.3 Å². The zero-order valence-electron chi connectivity index (χ0n) is 16.4. The molecule has 3 rings (SSSR count). The van der Waals surface area contributed by atoms with E-state index in [-0.39, 0.29) is 12.4 Å². The normalized spacial score (nSPS) is 11.0. The molecule has 0 N–H and O–H groups in total. The van der Waals surface area contributed by atoms with Crippen LogP contribution in [0.3, 0.4) is 0 Å². The molecule has 0 bridgehead atoms. The van der Waals surface area contributed by atoms with E-state index in [0.29, 0.717) is 32.1 Å². The molecule has 0 heterocycles. The molecule has 0 saturated heterocycles. The van der Waals surface area contributed by atoms with Crippen LogP contribution in [-0.4, -0.2) is 12.9 Å². The molecule has 3 aromatic rings. The number of rotatable bonds is 7. The Hall–Kier alpha value is -2.46. The van der Waals surface area contributed by atoms with E-state index in [0.717, 1.165) is 16.7 Å². The Morgan fingerprint density at radius 3 is 2.30 bits per heavy atom. The van der Waals surface area contributed by atoms with E-state index in [2.05, 4.69) is 0 Å². The average Bonchev–Trinajstić information content (AvgIpc) is 2.74. The summed E-state index contributed by atoms with van der Waals surface area (Å²) in [6.45, 7) is 2.19. The first-order chi connectivity index (χ1) is 14.4. The van der Waals surface area contributed by atoms with Gasteiger partial charge in [-0.05, 0) is 36.8 Å². The van der Waals surface area contributed by atoms with Crippen LogP contribution in [0.25, 0.3) is 6.08 Å². The fourth-order valence-electron chi connectivity index (χ4n) is 2.77. The van der Waals surface area contributed by atoms with Crippen LogP contribution < -0.4 is 9.47 Å². The number of ketones is 1. The van der Waals surface area contributed by atoms with Crippen molar-refractivity contribution in [1.29, 1.82) is 0 Å². The number of hydrogen-bond donors (Lipinski definition) is 0. The molecule has 0 spiro atoms. The van der Waals surface area contributed by atoms with Crippen LogP contribution in [0.4, 0.5) is 0 Å². The van der Waals surface area contributed by atoms with Gasteiger partial charge >= 0.3 is 0 Å². The molecule has 3 nitrogen and oxygen atoms in total. The van der Waals surface area contributed by atoms with Crippen LogP contribution in [0, 0.1) is 6.92 Å². The Morgan fingerprint density at radius 2 is 1.60 bits per heavy atom. The van der Waals surface area contributed by atoms with Gasteiger partial charge in [-0.3, -0.25) is 4.79 Å². The zero-order chi connectivity index (χ0) is 21.7. The van der Waals surface area contributed by atoms with Gasteiger partial charge < -0.3 is 9.47 Å². The second-order valence-corrected chi connectivity index (χ2v) is 7.84. The number of aryl methyl sites for hydroxylation is 1. The summed E-state index contributed by atoms with van der Waals surface area (Å²) in [7, 11) is 1.58. The fraction of sp³-hybridized carbons (Fsp3) is 0.125. The van der Waals surface area contributed by atoms with Gasteiger partial charge in [-0.2, -0.15) is 0 Å². The minimum atomic E-state index is -0.0637. The summed E-state index contributed by atoms with van der Waals surface area (Å²) in [4.78, 5) is 12.4. The Morgan fingerprint density at radius 1 is 0.900 bits per heavy atom. The zero-order valence-corrected chi connectivity index (χ0v) is 18.7. The topological polar surface area (TPSA) is 35.5 Å². The molecule has 3 aromatic carbocycles. The first-order valence-corrected chi connectivity index (χ1v) is 10.2. The highest BCUT2D eigenvalue weighted by Gasteiger charge is 2.10. The molecule has 0 radical (unpaired) electrons. The highest BCUT2D eigenvalue weighted by Crippen LogP contribution is 2.34. The van der Waals surface area contributed by atoms with Crippen molar-refractivity contribution in [2.24, 2.45) is 0 Å². The molecule has 0 atom stereocenters. The van der Waals surface area contributed by atoms with E-state index in [1.165, 1.54) is 6.07 Å². The van der Waals surface area contributed by atoms with Crippen LogP contribution in [0.1, 0.15) is 27.0 Å². The lowest BCUT2D eigenvalue weighted by Gasteiger charge is -2.13. The standard InChI is InChI=1S/C24H19Cl3O3/c1-15-3-7-17(8-4-15)22(28)9-5-16-6-10-23(29-2)18(11-16)14-30-24-13-20(26)19(25)12-21(24)27/h3-13H,14H2,1-2H3/b9-5+. The molecule has 30 heavy (non-hydrogen) atoms. The molecule has 0 amide bonds.